The normalized spacial score (nSPS) is 10.3. The van der Waals surface area contributed by atoms with Gasteiger partial charge in [0.15, 0.2) is 5.69 Å². The van der Waals surface area contributed by atoms with Crippen molar-refractivity contribution in [2.75, 3.05) is 5.32 Å². The molecule has 5 heteroatoms. The molecule has 0 radical (unpaired) electrons. The molecule has 2 N–H and O–H groups in total. The third kappa shape index (κ3) is 2.69. The number of nitrogens with one attached hydrogen (secondary N) is 1. The second-order valence-electron chi connectivity index (χ2n) is 3.29. The number of carboxylic acids is 1. The highest BCUT2D eigenvalue weighted by molar-refractivity contribution is 5.86. The van der Waals surface area contributed by atoms with E-state index in [1.54, 1.807) is 6.92 Å². The summed E-state index contributed by atoms with van der Waals surface area (Å²) in [5.74, 6) is -0.0414. The molecule has 0 amide bonds. The van der Waals surface area contributed by atoms with Crippen LogP contribution in [0.3, 0.4) is 0 Å². The van der Waals surface area contributed by atoms with E-state index < -0.39 is 5.97 Å². The molecule has 0 aliphatic rings. The fourth-order valence-electron chi connectivity index (χ4n) is 1.05. The van der Waals surface area contributed by atoms with E-state index in [9.17, 15) is 4.79 Å². The first-order valence-electron chi connectivity index (χ1n) is 4.34. The maximum Gasteiger partial charge on any atom is 0.354 e. The Balaban J connectivity index is 3.01. The average Bonchev–Trinajstić information content (AvgIpc) is 2.01. The molecule has 0 saturated carbocycles. The van der Waals surface area contributed by atoms with Gasteiger partial charge >= 0.3 is 5.97 Å². The van der Waals surface area contributed by atoms with Crippen LogP contribution < -0.4 is 5.32 Å². The first-order valence-corrected chi connectivity index (χ1v) is 4.34. The van der Waals surface area contributed by atoms with Crippen LogP contribution in [-0.4, -0.2) is 27.1 Å². The van der Waals surface area contributed by atoms with Gasteiger partial charge in [-0.2, -0.15) is 0 Å². The van der Waals surface area contributed by atoms with Gasteiger partial charge in [0.1, 0.15) is 11.6 Å². The predicted octanol–water partition coefficient (Wildman–Crippen LogP) is 1.30. The second-order valence-corrected chi connectivity index (χ2v) is 3.29. The molecular formula is C9H13N3O2. The van der Waals surface area contributed by atoms with E-state index in [2.05, 4.69) is 15.3 Å². The number of carbonyl (C=O) groups is 1. The summed E-state index contributed by atoms with van der Waals surface area (Å²) in [6, 6.07) is 1.64. The van der Waals surface area contributed by atoms with Gasteiger partial charge in [-0.15, -0.1) is 0 Å². The minimum atomic E-state index is -1.04. The lowest BCUT2D eigenvalue weighted by molar-refractivity contribution is 0.0690. The highest BCUT2D eigenvalue weighted by Gasteiger charge is 2.08. The molecule has 0 unspecified atom stereocenters. The van der Waals surface area contributed by atoms with E-state index in [0.717, 1.165) is 0 Å². The zero-order valence-electron chi connectivity index (χ0n) is 8.40. The number of aromatic carboxylic acids is 1. The van der Waals surface area contributed by atoms with E-state index >= 15 is 0 Å². The maximum absolute atomic E-state index is 10.7. The average molecular weight is 195 g/mol. The first-order chi connectivity index (χ1) is 6.49. The molecule has 0 aliphatic heterocycles. The van der Waals surface area contributed by atoms with Crippen LogP contribution in [0, 0.1) is 6.92 Å². The summed E-state index contributed by atoms with van der Waals surface area (Å²) in [5.41, 5.74) is 0.0145. The van der Waals surface area contributed by atoms with Gasteiger partial charge in [-0.1, -0.05) is 0 Å². The van der Waals surface area contributed by atoms with Crippen molar-refractivity contribution in [1.29, 1.82) is 0 Å². The summed E-state index contributed by atoms with van der Waals surface area (Å²) in [6.07, 6.45) is 0. The van der Waals surface area contributed by atoms with Gasteiger partial charge in [0, 0.05) is 12.1 Å². The first kappa shape index (κ1) is 10.4. The Morgan fingerprint density at radius 1 is 1.50 bits per heavy atom. The number of hydrogen-bond acceptors (Lipinski definition) is 4. The molecule has 0 aliphatic carbocycles. The molecule has 0 fully saturated rings. The van der Waals surface area contributed by atoms with Crippen molar-refractivity contribution in [2.45, 2.75) is 26.8 Å². The monoisotopic (exact) mass is 195 g/mol. The highest BCUT2D eigenvalue weighted by atomic mass is 16.4. The number of hydrogen-bond donors (Lipinski definition) is 2. The van der Waals surface area contributed by atoms with E-state index in [0.29, 0.717) is 11.6 Å². The van der Waals surface area contributed by atoms with Crippen molar-refractivity contribution in [3.8, 4) is 0 Å². The van der Waals surface area contributed by atoms with Crippen LogP contribution in [0.2, 0.25) is 0 Å². The standard InChI is InChI=1S/C9H13N3O2/c1-5(2)10-8-4-7(9(13)14)11-6(3)12-8/h4-5H,1-3H3,(H,13,14)(H,10,11,12). The number of nitrogens with zero attached hydrogens (tertiary/aromatic N) is 2. The smallest absolute Gasteiger partial charge is 0.354 e. The minimum absolute atomic E-state index is 0.0145. The number of carboxylic acid groups (broad SMARTS) is 1. The number of aromatic nitrogens is 2. The summed E-state index contributed by atoms with van der Waals surface area (Å²) < 4.78 is 0. The topological polar surface area (TPSA) is 75.1 Å². The number of aryl methyl sites for hydroxylation is 1. The molecule has 5 nitrogen and oxygen atoms in total. The lowest BCUT2D eigenvalue weighted by Crippen LogP contribution is -2.13. The maximum atomic E-state index is 10.7. The van der Waals surface area contributed by atoms with Crippen LogP contribution >= 0.6 is 0 Å². The summed E-state index contributed by atoms with van der Waals surface area (Å²) in [6.45, 7) is 5.58. The number of anilines is 1. The zero-order valence-corrected chi connectivity index (χ0v) is 8.40. The van der Waals surface area contributed by atoms with Crippen LogP contribution in [0.5, 0.6) is 0 Å². The Kier molecular flexibility index (Phi) is 3.01. The van der Waals surface area contributed by atoms with Crippen molar-refractivity contribution in [3.05, 3.63) is 17.6 Å². The van der Waals surface area contributed by atoms with Crippen LogP contribution in [0.4, 0.5) is 5.82 Å². The summed E-state index contributed by atoms with van der Waals surface area (Å²) in [5, 5.41) is 11.8. The summed E-state index contributed by atoms with van der Waals surface area (Å²) in [7, 11) is 0. The molecule has 0 spiro atoms. The van der Waals surface area contributed by atoms with E-state index in [4.69, 9.17) is 5.11 Å². The van der Waals surface area contributed by atoms with Gasteiger partial charge in [0.05, 0.1) is 0 Å². The Morgan fingerprint density at radius 3 is 2.64 bits per heavy atom. The third-order valence-electron chi connectivity index (χ3n) is 1.49. The lowest BCUT2D eigenvalue weighted by atomic mass is 10.3. The van der Waals surface area contributed by atoms with Gasteiger partial charge in [-0.05, 0) is 20.8 Å². The molecular weight excluding hydrogens is 182 g/mol. The van der Waals surface area contributed by atoms with Crippen LogP contribution in [-0.2, 0) is 0 Å². The van der Waals surface area contributed by atoms with Crippen LogP contribution in [0.25, 0.3) is 0 Å². The van der Waals surface area contributed by atoms with Crippen LogP contribution in [0.15, 0.2) is 6.07 Å². The molecule has 0 atom stereocenters. The van der Waals surface area contributed by atoms with Gasteiger partial charge < -0.3 is 10.4 Å². The fourth-order valence-corrected chi connectivity index (χ4v) is 1.05. The van der Waals surface area contributed by atoms with Gasteiger partial charge in [-0.25, -0.2) is 14.8 Å². The molecule has 76 valence electrons. The molecule has 14 heavy (non-hydrogen) atoms. The lowest BCUT2D eigenvalue weighted by Gasteiger charge is -2.09. The van der Waals surface area contributed by atoms with Gasteiger partial charge in [-0.3, -0.25) is 0 Å². The van der Waals surface area contributed by atoms with Crippen molar-refractivity contribution in [3.63, 3.8) is 0 Å². The molecule has 1 heterocycles. The van der Waals surface area contributed by atoms with E-state index in [1.807, 2.05) is 13.8 Å². The van der Waals surface area contributed by atoms with Crippen molar-refractivity contribution in [2.24, 2.45) is 0 Å². The minimum Gasteiger partial charge on any atom is -0.477 e. The molecule has 0 bridgehead atoms. The van der Waals surface area contributed by atoms with Crippen LogP contribution in [0.1, 0.15) is 30.2 Å². The molecule has 0 aromatic carbocycles. The molecule has 0 saturated heterocycles. The Hall–Kier alpha value is -1.65. The van der Waals surface area contributed by atoms with Crippen molar-refractivity contribution >= 4 is 11.8 Å². The quantitative estimate of drug-likeness (QED) is 0.760. The third-order valence-corrected chi connectivity index (χ3v) is 1.49. The second kappa shape index (κ2) is 4.04. The Morgan fingerprint density at radius 2 is 2.14 bits per heavy atom. The highest BCUT2D eigenvalue weighted by Crippen LogP contribution is 2.07. The Bertz CT molecular complexity index is 350. The van der Waals surface area contributed by atoms with Gasteiger partial charge in [0.2, 0.25) is 0 Å². The number of rotatable bonds is 3. The van der Waals surface area contributed by atoms with Crippen molar-refractivity contribution < 1.29 is 9.90 Å². The van der Waals surface area contributed by atoms with E-state index in [-0.39, 0.29) is 11.7 Å². The largest absolute Gasteiger partial charge is 0.477 e. The van der Waals surface area contributed by atoms with Crippen molar-refractivity contribution in [1.82, 2.24) is 9.97 Å². The van der Waals surface area contributed by atoms with E-state index in [1.165, 1.54) is 6.07 Å². The van der Waals surface area contributed by atoms with Gasteiger partial charge in [0.25, 0.3) is 0 Å². The Labute approximate surface area is 82.2 Å². The fraction of sp³-hybridized carbons (Fsp3) is 0.444. The molecule has 1 aromatic rings. The molecule has 1 rings (SSSR count). The zero-order chi connectivity index (χ0) is 10.7. The molecule has 1 aromatic heterocycles. The SMILES string of the molecule is Cc1nc(NC(C)C)cc(C(=O)O)n1. The summed E-state index contributed by atoms with van der Waals surface area (Å²) >= 11 is 0. The predicted molar refractivity (Wildman–Crippen MR) is 52.5 cm³/mol. The summed E-state index contributed by atoms with van der Waals surface area (Å²) in [4.78, 5) is 18.5.